The van der Waals surface area contributed by atoms with Crippen LogP contribution in [0, 0.1) is 6.92 Å². The minimum absolute atomic E-state index is 0.0948. The molecule has 168 valence electrons. The van der Waals surface area contributed by atoms with E-state index in [2.05, 4.69) is 15.5 Å². The number of amides is 1. The van der Waals surface area contributed by atoms with Gasteiger partial charge in [0.05, 0.1) is 12.0 Å². The van der Waals surface area contributed by atoms with E-state index >= 15 is 0 Å². The van der Waals surface area contributed by atoms with Crippen LogP contribution in [-0.4, -0.2) is 49.0 Å². The van der Waals surface area contributed by atoms with Crippen molar-refractivity contribution in [3.8, 4) is 5.75 Å². The highest BCUT2D eigenvalue weighted by atomic mass is 32.2. The number of benzene rings is 2. The largest absolute Gasteiger partial charge is 0.497 e. The van der Waals surface area contributed by atoms with Gasteiger partial charge in [0.25, 0.3) is 5.91 Å². The number of rotatable bonds is 6. The summed E-state index contributed by atoms with van der Waals surface area (Å²) in [4.78, 5) is 12.9. The molecule has 0 spiro atoms. The maximum Gasteiger partial charge on any atom is 0.286 e. The molecule has 1 amide bonds. The fraction of sp³-hybridized carbons (Fsp3) is 0.318. The number of hydrogen-bond acceptors (Lipinski definition) is 7. The molecule has 8 nitrogen and oxygen atoms in total. The van der Waals surface area contributed by atoms with Gasteiger partial charge < -0.3 is 10.1 Å². The summed E-state index contributed by atoms with van der Waals surface area (Å²) < 4.78 is 33.0. The molecule has 1 aromatic heterocycles. The van der Waals surface area contributed by atoms with E-state index in [1.165, 1.54) is 15.6 Å². The first-order chi connectivity index (χ1) is 15.4. The summed E-state index contributed by atoms with van der Waals surface area (Å²) in [7, 11) is -2.01. The van der Waals surface area contributed by atoms with Crippen LogP contribution in [0.5, 0.6) is 5.75 Å². The fourth-order valence-electron chi connectivity index (χ4n) is 3.70. The van der Waals surface area contributed by atoms with E-state index in [1.807, 2.05) is 6.07 Å². The highest BCUT2D eigenvalue weighted by molar-refractivity contribution is 7.89. The number of aryl methyl sites for hydroxylation is 1. The van der Waals surface area contributed by atoms with E-state index in [0.717, 1.165) is 18.4 Å². The molecular weight excluding hydrogens is 448 g/mol. The number of anilines is 1. The van der Waals surface area contributed by atoms with Crippen molar-refractivity contribution >= 4 is 33.0 Å². The van der Waals surface area contributed by atoms with E-state index in [4.69, 9.17) is 4.74 Å². The lowest BCUT2D eigenvalue weighted by Gasteiger charge is -2.31. The minimum atomic E-state index is -3.59. The van der Waals surface area contributed by atoms with E-state index < -0.39 is 10.0 Å². The highest BCUT2D eigenvalue weighted by Gasteiger charge is 2.33. The first kappa shape index (κ1) is 22.4. The molecule has 0 saturated carbocycles. The summed E-state index contributed by atoms with van der Waals surface area (Å²) in [5.41, 5.74) is 1.35. The van der Waals surface area contributed by atoms with Crippen molar-refractivity contribution in [3.63, 3.8) is 0 Å². The van der Waals surface area contributed by atoms with Crippen molar-refractivity contribution in [1.29, 1.82) is 0 Å². The van der Waals surface area contributed by atoms with Crippen molar-refractivity contribution in [2.45, 2.75) is 30.6 Å². The van der Waals surface area contributed by atoms with Crippen LogP contribution in [0.3, 0.4) is 0 Å². The number of ether oxygens (including phenoxy) is 1. The van der Waals surface area contributed by atoms with Gasteiger partial charge in [-0.05, 0) is 55.7 Å². The Balaban J connectivity index is 1.46. The van der Waals surface area contributed by atoms with E-state index in [1.54, 1.807) is 56.5 Å². The number of nitrogens with zero attached hydrogens (tertiary/aromatic N) is 3. The lowest BCUT2D eigenvalue weighted by Crippen LogP contribution is -2.39. The van der Waals surface area contributed by atoms with Gasteiger partial charge in [0, 0.05) is 24.7 Å². The zero-order valence-electron chi connectivity index (χ0n) is 17.8. The molecule has 0 unspecified atom stereocenters. The predicted octanol–water partition coefficient (Wildman–Crippen LogP) is 3.68. The lowest BCUT2D eigenvalue weighted by atomic mass is 10.0. The Labute approximate surface area is 191 Å². The van der Waals surface area contributed by atoms with E-state index in [0.29, 0.717) is 34.4 Å². The minimum Gasteiger partial charge on any atom is -0.497 e. The van der Waals surface area contributed by atoms with Crippen LogP contribution in [0.25, 0.3) is 0 Å². The Kier molecular flexibility index (Phi) is 6.54. The second-order valence-electron chi connectivity index (χ2n) is 7.60. The molecule has 2 aromatic carbocycles. The van der Waals surface area contributed by atoms with Gasteiger partial charge in [0.15, 0.2) is 0 Å². The van der Waals surface area contributed by atoms with Gasteiger partial charge in [0.2, 0.25) is 15.0 Å². The van der Waals surface area contributed by atoms with Gasteiger partial charge >= 0.3 is 0 Å². The molecule has 10 heteroatoms. The molecule has 0 aliphatic carbocycles. The number of carbonyl (C=O) groups excluding carboxylic acids is 1. The number of carbonyl (C=O) groups is 1. The molecular formula is C22H24N4O4S2. The van der Waals surface area contributed by atoms with Crippen molar-refractivity contribution in [3.05, 3.63) is 64.1 Å². The average molecular weight is 473 g/mol. The summed E-state index contributed by atoms with van der Waals surface area (Å²) in [5, 5.41) is 12.0. The Morgan fingerprint density at radius 1 is 1.16 bits per heavy atom. The molecule has 4 rings (SSSR count). The molecule has 0 bridgehead atoms. The molecule has 0 radical (unpaired) electrons. The Morgan fingerprint density at radius 3 is 2.62 bits per heavy atom. The maximum atomic E-state index is 13.2. The molecule has 1 aliphatic rings. The van der Waals surface area contributed by atoms with Gasteiger partial charge in [-0.1, -0.05) is 29.5 Å². The zero-order valence-corrected chi connectivity index (χ0v) is 19.4. The maximum absolute atomic E-state index is 13.2. The van der Waals surface area contributed by atoms with Crippen LogP contribution >= 0.6 is 11.3 Å². The quantitative estimate of drug-likeness (QED) is 0.587. The third-order valence-corrected chi connectivity index (χ3v) is 8.54. The number of hydrogen-bond donors (Lipinski definition) is 1. The van der Waals surface area contributed by atoms with Crippen LogP contribution in [0.2, 0.25) is 0 Å². The highest BCUT2D eigenvalue weighted by Crippen LogP contribution is 2.32. The zero-order chi connectivity index (χ0) is 22.7. The lowest BCUT2D eigenvalue weighted by molar-refractivity contribution is 0.102. The molecule has 1 aliphatic heterocycles. The molecule has 1 N–H and O–H groups in total. The molecule has 32 heavy (non-hydrogen) atoms. The predicted molar refractivity (Wildman–Crippen MR) is 123 cm³/mol. The van der Waals surface area contributed by atoms with Gasteiger partial charge in [0.1, 0.15) is 10.8 Å². The summed E-state index contributed by atoms with van der Waals surface area (Å²) in [6.45, 7) is 2.59. The van der Waals surface area contributed by atoms with Gasteiger partial charge in [-0.3, -0.25) is 4.79 Å². The van der Waals surface area contributed by atoms with Gasteiger partial charge in [-0.2, -0.15) is 4.31 Å². The average Bonchev–Trinajstić information content (AvgIpc) is 3.30. The molecule has 2 heterocycles. The van der Waals surface area contributed by atoms with Crippen LogP contribution in [0.15, 0.2) is 53.4 Å². The van der Waals surface area contributed by atoms with Gasteiger partial charge in [-0.25, -0.2) is 8.42 Å². The molecule has 1 atom stereocenters. The number of nitrogens with one attached hydrogen (secondary N) is 1. The monoisotopic (exact) mass is 472 g/mol. The standard InChI is InChI=1S/C22H24N4O4S2/c1-15-6-3-4-8-19(15)32(28,29)26-13-5-7-16(14-26)21-24-25-22(31-21)20(27)23-17-9-11-18(30-2)12-10-17/h3-4,6,8-12,16H,5,7,13-14H2,1-2H3,(H,23,27)/t16-/m0/s1. The summed E-state index contributed by atoms with van der Waals surface area (Å²) >= 11 is 1.21. The van der Waals surface area contributed by atoms with Crippen LogP contribution < -0.4 is 10.1 Å². The second-order valence-corrected chi connectivity index (χ2v) is 10.5. The van der Waals surface area contributed by atoms with Crippen LogP contribution in [0.4, 0.5) is 5.69 Å². The molecule has 1 fully saturated rings. The summed E-state index contributed by atoms with van der Waals surface area (Å²) in [6, 6.07) is 14.0. The fourth-order valence-corrected chi connectivity index (χ4v) is 6.31. The van der Waals surface area contributed by atoms with Crippen molar-refractivity contribution in [1.82, 2.24) is 14.5 Å². The molecule has 1 saturated heterocycles. The number of aromatic nitrogens is 2. The number of sulfonamides is 1. The van der Waals surface area contributed by atoms with Crippen molar-refractivity contribution < 1.29 is 17.9 Å². The van der Waals surface area contributed by atoms with Gasteiger partial charge in [-0.15, -0.1) is 10.2 Å². The van der Waals surface area contributed by atoms with Crippen LogP contribution in [0.1, 0.15) is 39.1 Å². The van der Waals surface area contributed by atoms with E-state index in [9.17, 15) is 13.2 Å². The summed E-state index contributed by atoms with van der Waals surface area (Å²) in [6.07, 6.45) is 1.53. The third kappa shape index (κ3) is 4.67. The number of methoxy groups -OCH3 is 1. The van der Waals surface area contributed by atoms with E-state index in [-0.39, 0.29) is 16.8 Å². The normalized spacial score (nSPS) is 17.1. The smallest absolute Gasteiger partial charge is 0.286 e. The topological polar surface area (TPSA) is 101 Å². The molecule has 3 aromatic rings. The van der Waals surface area contributed by atoms with Crippen molar-refractivity contribution in [2.24, 2.45) is 0 Å². The first-order valence-corrected chi connectivity index (χ1v) is 12.5. The Hall–Kier alpha value is -2.82. The third-order valence-electron chi connectivity index (χ3n) is 5.43. The Bertz CT molecular complexity index is 1210. The van der Waals surface area contributed by atoms with Crippen LogP contribution in [-0.2, 0) is 10.0 Å². The first-order valence-electron chi connectivity index (χ1n) is 10.2. The van der Waals surface area contributed by atoms with Crippen molar-refractivity contribution in [2.75, 3.05) is 25.5 Å². The summed E-state index contributed by atoms with van der Waals surface area (Å²) in [5.74, 6) is 0.255. The SMILES string of the molecule is COc1ccc(NC(=O)c2nnc([C@H]3CCCN(S(=O)(=O)c4ccccc4C)C3)s2)cc1. The Morgan fingerprint density at radius 2 is 1.91 bits per heavy atom. The number of piperidine rings is 1. The second kappa shape index (κ2) is 9.35.